The Kier molecular flexibility index (Phi) is 4.32. The fraction of sp³-hybridized carbons (Fsp3) is 0.529. The van der Waals surface area contributed by atoms with E-state index in [2.05, 4.69) is 0 Å². The van der Waals surface area contributed by atoms with E-state index in [0.29, 0.717) is 31.2 Å². The summed E-state index contributed by atoms with van der Waals surface area (Å²) < 4.78 is 5.90. The average Bonchev–Trinajstić information content (AvgIpc) is 3.18. The second-order valence-corrected chi connectivity index (χ2v) is 6.19. The molecule has 0 aromatic heterocycles. The molecule has 3 rings (SSSR count). The zero-order valence-corrected chi connectivity index (χ0v) is 12.7. The Balaban J connectivity index is 1.60. The Morgan fingerprint density at radius 3 is 2.36 bits per heavy atom. The van der Waals surface area contributed by atoms with Crippen molar-refractivity contribution in [2.75, 3.05) is 13.1 Å². The fourth-order valence-corrected chi connectivity index (χ4v) is 3.23. The molecule has 0 unspecified atom stereocenters. The summed E-state index contributed by atoms with van der Waals surface area (Å²) in [6.07, 6.45) is 5.67. The highest BCUT2D eigenvalue weighted by atomic mass is 16.5. The molecule has 1 heterocycles. The summed E-state index contributed by atoms with van der Waals surface area (Å²) in [5.41, 5.74) is 5.93. The standard InChI is InChI=1S/C17H22N2O3/c18-16(20)13-9-10-19(11-13)17(21)12-5-7-15(8-6-12)22-14-3-1-2-4-14/h5-8,13-14H,1-4,9-11H2,(H2,18,20)/t13-/m0/s1. The van der Waals surface area contributed by atoms with Gasteiger partial charge in [0.05, 0.1) is 12.0 Å². The molecule has 0 spiro atoms. The quantitative estimate of drug-likeness (QED) is 0.924. The predicted molar refractivity (Wildman–Crippen MR) is 82.5 cm³/mol. The van der Waals surface area contributed by atoms with Gasteiger partial charge in [-0.25, -0.2) is 0 Å². The molecule has 1 atom stereocenters. The molecule has 1 aromatic carbocycles. The predicted octanol–water partition coefficient (Wildman–Crippen LogP) is 1.96. The van der Waals surface area contributed by atoms with Crippen LogP contribution in [0, 0.1) is 5.92 Å². The maximum Gasteiger partial charge on any atom is 0.253 e. The number of likely N-dealkylation sites (tertiary alicyclic amines) is 1. The van der Waals surface area contributed by atoms with Gasteiger partial charge in [-0.2, -0.15) is 0 Å². The Hall–Kier alpha value is -2.04. The van der Waals surface area contributed by atoms with E-state index in [9.17, 15) is 9.59 Å². The average molecular weight is 302 g/mol. The summed E-state index contributed by atoms with van der Waals surface area (Å²) in [6, 6.07) is 7.30. The highest BCUT2D eigenvalue weighted by Crippen LogP contribution is 2.25. The Labute approximate surface area is 130 Å². The third kappa shape index (κ3) is 3.24. The summed E-state index contributed by atoms with van der Waals surface area (Å²) in [7, 11) is 0. The normalized spacial score (nSPS) is 22.0. The molecule has 2 amide bonds. The molecule has 0 radical (unpaired) electrons. The van der Waals surface area contributed by atoms with Gasteiger partial charge in [-0.1, -0.05) is 0 Å². The van der Waals surface area contributed by atoms with Crippen LogP contribution in [0.4, 0.5) is 0 Å². The third-order valence-electron chi connectivity index (χ3n) is 4.58. The Bertz CT molecular complexity index is 550. The van der Waals surface area contributed by atoms with Gasteiger partial charge >= 0.3 is 0 Å². The van der Waals surface area contributed by atoms with E-state index < -0.39 is 0 Å². The van der Waals surface area contributed by atoms with Crippen molar-refractivity contribution in [2.24, 2.45) is 11.7 Å². The van der Waals surface area contributed by atoms with E-state index in [0.717, 1.165) is 18.6 Å². The second-order valence-electron chi connectivity index (χ2n) is 6.19. The van der Waals surface area contributed by atoms with Gasteiger partial charge in [0, 0.05) is 18.7 Å². The number of primary amides is 1. The van der Waals surface area contributed by atoms with E-state index in [1.807, 2.05) is 12.1 Å². The van der Waals surface area contributed by atoms with Crippen LogP contribution in [0.15, 0.2) is 24.3 Å². The summed E-state index contributed by atoms with van der Waals surface area (Å²) in [6.45, 7) is 1.02. The molecule has 5 heteroatoms. The topological polar surface area (TPSA) is 72.6 Å². The molecule has 1 aliphatic heterocycles. The summed E-state index contributed by atoms with van der Waals surface area (Å²) >= 11 is 0. The fourth-order valence-electron chi connectivity index (χ4n) is 3.23. The molecule has 1 saturated carbocycles. The lowest BCUT2D eigenvalue weighted by molar-refractivity contribution is -0.121. The van der Waals surface area contributed by atoms with Crippen molar-refractivity contribution in [3.8, 4) is 5.75 Å². The number of hydrogen-bond acceptors (Lipinski definition) is 3. The SMILES string of the molecule is NC(=O)[C@H]1CCN(C(=O)c2ccc(OC3CCCC3)cc2)C1. The number of benzene rings is 1. The number of nitrogens with two attached hydrogens (primary N) is 1. The number of hydrogen-bond donors (Lipinski definition) is 1. The van der Waals surface area contributed by atoms with Crippen molar-refractivity contribution in [1.29, 1.82) is 0 Å². The highest BCUT2D eigenvalue weighted by Gasteiger charge is 2.30. The van der Waals surface area contributed by atoms with Gasteiger partial charge in [-0.15, -0.1) is 0 Å². The van der Waals surface area contributed by atoms with Gasteiger partial charge in [0.2, 0.25) is 5.91 Å². The molecular formula is C17H22N2O3. The Morgan fingerprint density at radius 2 is 1.77 bits per heavy atom. The van der Waals surface area contributed by atoms with E-state index in [1.165, 1.54) is 12.8 Å². The first kappa shape index (κ1) is 14.9. The number of rotatable bonds is 4. The molecule has 1 aliphatic carbocycles. The van der Waals surface area contributed by atoms with Gasteiger partial charge in [0.1, 0.15) is 5.75 Å². The van der Waals surface area contributed by atoms with Crippen LogP contribution in [0.25, 0.3) is 0 Å². The van der Waals surface area contributed by atoms with Crippen LogP contribution in [0.3, 0.4) is 0 Å². The van der Waals surface area contributed by atoms with Gasteiger partial charge in [0.25, 0.3) is 5.91 Å². The lowest BCUT2D eigenvalue weighted by atomic mass is 10.1. The first-order valence-corrected chi connectivity index (χ1v) is 7.99. The number of carbonyl (C=O) groups is 2. The summed E-state index contributed by atoms with van der Waals surface area (Å²) in [5, 5.41) is 0. The minimum absolute atomic E-state index is 0.0452. The molecule has 118 valence electrons. The van der Waals surface area contributed by atoms with Crippen LogP contribution < -0.4 is 10.5 Å². The van der Waals surface area contributed by atoms with Crippen molar-refractivity contribution in [1.82, 2.24) is 4.90 Å². The third-order valence-corrected chi connectivity index (χ3v) is 4.58. The van der Waals surface area contributed by atoms with E-state index in [4.69, 9.17) is 10.5 Å². The number of amides is 2. The lowest BCUT2D eigenvalue weighted by Gasteiger charge is -2.17. The molecular weight excluding hydrogens is 280 g/mol. The largest absolute Gasteiger partial charge is 0.490 e. The number of nitrogens with zero attached hydrogens (tertiary/aromatic N) is 1. The van der Waals surface area contributed by atoms with Gasteiger partial charge in [-0.05, 0) is 56.4 Å². The van der Waals surface area contributed by atoms with Crippen LogP contribution >= 0.6 is 0 Å². The summed E-state index contributed by atoms with van der Waals surface area (Å²) in [5.74, 6) is 0.237. The zero-order chi connectivity index (χ0) is 15.5. The van der Waals surface area contributed by atoms with Crippen LogP contribution in [-0.2, 0) is 4.79 Å². The van der Waals surface area contributed by atoms with E-state index >= 15 is 0 Å². The molecule has 2 aliphatic rings. The van der Waals surface area contributed by atoms with E-state index in [-0.39, 0.29) is 17.7 Å². The van der Waals surface area contributed by atoms with Crippen LogP contribution in [0.1, 0.15) is 42.5 Å². The molecule has 2 fully saturated rings. The molecule has 0 bridgehead atoms. The molecule has 22 heavy (non-hydrogen) atoms. The monoisotopic (exact) mass is 302 g/mol. The van der Waals surface area contributed by atoms with Crippen molar-refractivity contribution in [3.63, 3.8) is 0 Å². The number of ether oxygens (including phenoxy) is 1. The molecule has 2 N–H and O–H groups in total. The highest BCUT2D eigenvalue weighted by molar-refractivity contribution is 5.95. The minimum atomic E-state index is -0.324. The summed E-state index contributed by atoms with van der Waals surface area (Å²) in [4.78, 5) is 25.3. The molecule has 1 saturated heterocycles. The minimum Gasteiger partial charge on any atom is -0.490 e. The van der Waals surface area contributed by atoms with Gasteiger partial charge in [0.15, 0.2) is 0 Å². The first-order valence-electron chi connectivity index (χ1n) is 7.99. The second kappa shape index (κ2) is 6.38. The van der Waals surface area contributed by atoms with E-state index in [1.54, 1.807) is 17.0 Å². The van der Waals surface area contributed by atoms with Gasteiger partial charge < -0.3 is 15.4 Å². The molecule has 1 aromatic rings. The maximum absolute atomic E-state index is 12.4. The maximum atomic E-state index is 12.4. The molecule has 5 nitrogen and oxygen atoms in total. The van der Waals surface area contributed by atoms with Crippen LogP contribution in [-0.4, -0.2) is 35.9 Å². The van der Waals surface area contributed by atoms with Crippen molar-refractivity contribution >= 4 is 11.8 Å². The van der Waals surface area contributed by atoms with Crippen LogP contribution in [0.2, 0.25) is 0 Å². The van der Waals surface area contributed by atoms with Gasteiger partial charge in [-0.3, -0.25) is 9.59 Å². The lowest BCUT2D eigenvalue weighted by Crippen LogP contribution is -2.31. The first-order chi connectivity index (χ1) is 10.6. The smallest absolute Gasteiger partial charge is 0.253 e. The van der Waals surface area contributed by atoms with Crippen molar-refractivity contribution in [3.05, 3.63) is 29.8 Å². The van der Waals surface area contributed by atoms with Crippen LogP contribution in [0.5, 0.6) is 5.75 Å². The van der Waals surface area contributed by atoms with Crippen molar-refractivity contribution < 1.29 is 14.3 Å². The Morgan fingerprint density at radius 1 is 1.09 bits per heavy atom. The number of carbonyl (C=O) groups excluding carboxylic acids is 2. The zero-order valence-electron chi connectivity index (χ0n) is 12.7. The van der Waals surface area contributed by atoms with Crippen molar-refractivity contribution in [2.45, 2.75) is 38.2 Å².